The number of aromatic nitrogens is 4. The van der Waals surface area contributed by atoms with Crippen LogP contribution in [0.3, 0.4) is 0 Å². The van der Waals surface area contributed by atoms with Crippen molar-refractivity contribution in [2.75, 3.05) is 44.1 Å². The van der Waals surface area contributed by atoms with Crippen LogP contribution in [-0.2, 0) is 14.5 Å². The van der Waals surface area contributed by atoms with E-state index in [1.54, 1.807) is 7.05 Å². The van der Waals surface area contributed by atoms with Gasteiger partial charge in [-0.1, -0.05) is 0 Å². The molecule has 0 radical (unpaired) electrons. The van der Waals surface area contributed by atoms with Gasteiger partial charge in [-0.3, -0.25) is 0 Å². The van der Waals surface area contributed by atoms with Crippen LogP contribution >= 0.6 is 0 Å². The van der Waals surface area contributed by atoms with Crippen LogP contribution in [0.25, 0.3) is 22.4 Å². The van der Waals surface area contributed by atoms with Crippen molar-refractivity contribution in [2.24, 2.45) is 4.36 Å². The monoisotopic (exact) mass is 470 g/mol. The zero-order valence-corrected chi connectivity index (χ0v) is 20.1. The molecule has 2 saturated heterocycles. The zero-order valence-electron chi connectivity index (χ0n) is 19.3. The first kappa shape index (κ1) is 22.1. The van der Waals surface area contributed by atoms with Crippen LogP contribution in [0.15, 0.2) is 28.8 Å². The number of aromatic amines is 1. The van der Waals surface area contributed by atoms with Crippen molar-refractivity contribution >= 4 is 26.6 Å². The Morgan fingerprint density at radius 3 is 3.00 bits per heavy atom. The Hall–Kier alpha value is -2.72. The summed E-state index contributed by atoms with van der Waals surface area (Å²) in [6.07, 6.45) is 3.55. The van der Waals surface area contributed by atoms with E-state index in [0.717, 1.165) is 47.5 Å². The van der Waals surface area contributed by atoms with E-state index in [1.807, 2.05) is 31.3 Å². The Morgan fingerprint density at radius 1 is 1.33 bits per heavy atom. The number of morpholine rings is 1. The SMILES string of the molecule is CCOc1cc(-c2nc(C3CCCS3(=O)=NC)cc(N3CCOC[C@H]3C)n2)c2cc[nH]c2n1. The molecule has 3 aromatic rings. The maximum atomic E-state index is 13.5. The van der Waals surface area contributed by atoms with Gasteiger partial charge in [0.05, 0.1) is 46.5 Å². The van der Waals surface area contributed by atoms with Gasteiger partial charge in [-0.2, -0.15) is 4.98 Å². The second-order valence-corrected chi connectivity index (χ2v) is 11.2. The Labute approximate surface area is 194 Å². The van der Waals surface area contributed by atoms with E-state index >= 15 is 0 Å². The van der Waals surface area contributed by atoms with Gasteiger partial charge in [-0.15, -0.1) is 0 Å². The lowest BCUT2D eigenvalue weighted by molar-refractivity contribution is 0.0985. The van der Waals surface area contributed by atoms with E-state index in [2.05, 4.69) is 26.2 Å². The highest BCUT2D eigenvalue weighted by Gasteiger charge is 2.33. The summed E-state index contributed by atoms with van der Waals surface area (Å²) in [5.41, 5.74) is 2.35. The molecule has 0 saturated carbocycles. The van der Waals surface area contributed by atoms with Gasteiger partial charge in [0.1, 0.15) is 11.5 Å². The molecule has 176 valence electrons. The highest BCUT2D eigenvalue weighted by molar-refractivity contribution is 7.94. The lowest BCUT2D eigenvalue weighted by atomic mass is 10.1. The van der Waals surface area contributed by atoms with Crippen LogP contribution < -0.4 is 9.64 Å². The number of fused-ring (bicyclic) bond motifs is 1. The molecule has 1 N–H and O–H groups in total. The fourth-order valence-corrected chi connectivity index (χ4v) is 7.07. The van der Waals surface area contributed by atoms with E-state index in [0.29, 0.717) is 37.3 Å². The molecule has 9 nitrogen and oxygen atoms in total. The number of rotatable bonds is 5. The number of hydrogen-bond acceptors (Lipinski definition) is 8. The number of nitrogens with one attached hydrogen (secondary N) is 1. The molecule has 0 spiro atoms. The molecular weight excluding hydrogens is 440 g/mol. The smallest absolute Gasteiger partial charge is 0.215 e. The van der Waals surface area contributed by atoms with Gasteiger partial charge in [-0.05, 0) is 32.8 Å². The minimum absolute atomic E-state index is 0.182. The van der Waals surface area contributed by atoms with Crippen LogP contribution in [0, 0.1) is 0 Å². The normalized spacial score (nSPS) is 25.5. The Balaban J connectivity index is 1.71. The van der Waals surface area contributed by atoms with Crippen LogP contribution in [0.4, 0.5) is 5.82 Å². The summed E-state index contributed by atoms with van der Waals surface area (Å²) in [6, 6.07) is 6.05. The Kier molecular flexibility index (Phi) is 5.96. The summed E-state index contributed by atoms with van der Waals surface area (Å²) in [7, 11) is -0.685. The van der Waals surface area contributed by atoms with Gasteiger partial charge in [0.15, 0.2) is 5.82 Å². The van der Waals surface area contributed by atoms with Crippen LogP contribution in [0.5, 0.6) is 5.88 Å². The molecule has 5 rings (SSSR count). The average molecular weight is 471 g/mol. The maximum absolute atomic E-state index is 13.5. The topological polar surface area (TPSA) is 106 Å². The first-order valence-electron chi connectivity index (χ1n) is 11.5. The van der Waals surface area contributed by atoms with Crippen LogP contribution in [0.2, 0.25) is 0 Å². The van der Waals surface area contributed by atoms with Crippen molar-refractivity contribution in [3.8, 4) is 17.3 Å². The highest BCUT2D eigenvalue weighted by atomic mass is 32.2. The van der Waals surface area contributed by atoms with Crippen molar-refractivity contribution in [3.05, 3.63) is 30.1 Å². The summed E-state index contributed by atoms with van der Waals surface area (Å²) in [5, 5.41) is 0.721. The molecule has 5 heterocycles. The summed E-state index contributed by atoms with van der Waals surface area (Å²) in [6.45, 7) is 6.61. The van der Waals surface area contributed by atoms with E-state index < -0.39 is 9.73 Å². The molecule has 2 aliphatic rings. The molecule has 3 aromatic heterocycles. The molecular formula is C23H30N6O3S. The lowest BCUT2D eigenvalue weighted by Crippen LogP contribution is -2.44. The fourth-order valence-electron chi connectivity index (χ4n) is 4.73. The lowest BCUT2D eigenvalue weighted by Gasteiger charge is -2.34. The Morgan fingerprint density at radius 2 is 2.21 bits per heavy atom. The van der Waals surface area contributed by atoms with Crippen LogP contribution in [0.1, 0.15) is 37.6 Å². The van der Waals surface area contributed by atoms with Crippen molar-refractivity contribution in [1.29, 1.82) is 0 Å². The van der Waals surface area contributed by atoms with Crippen molar-refractivity contribution in [1.82, 2.24) is 19.9 Å². The van der Waals surface area contributed by atoms with Gasteiger partial charge < -0.3 is 19.4 Å². The molecule has 0 bridgehead atoms. The van der Waals surface area contributed by atoms with E-state index in [-0.39, 0.29) is 11.3 Å². The zero-order chi connectivity index (χ0) is 23.0. The van der Waals surface area contributed by atoms with E-state index in [1.165, 1.54) is 0 Å². The number of anilines is 1. The molecule has 2 fully saturated rings. The van der Waals surface area contributed by atoms with Crippen molar-refractivity contribution < 1.29 is 13.7 Å². The first-order chi connectivity index (χ1) is 16.0. The molecule has 10 heteroatoms. The number of hydrogen-bond donors (Lipinski definition) is 1. The Bertz CT molecular complexity index is 1280. The average Bonchev–Trinajstić information content (AvgIpc) is 3.45. The van der Waals surface area contributed by atoms with Gasteiger partial charge in [0.2, 0.25) is 5.88 Å². The summed E-state index contributed by atoms with van der Waals surface area (Å²) in [4.78, 5) is 19.9. The fraction of sp³-hybridized carbons (Fsp3) is 0.522. The molecule has 3 atom stereocenters. The minimum atomic E-state index is -2.35. The molecule has 0 aliphatic carbocycles. The molecule has 2 unspecified atom stereocenters. The predicted octanol–water partition coefficient (Wildman–Crippen LogP) is 3.58. The van der Waals surface area contributed by atoms with E-state index in [9.17, 15) is 4.21 Å². The largest absolute Gasteiger partial charge is 0.478 e. The van der Waals surface area contributed by atoms with Gasteiger partial charge >= 0.3 is 0 Å². The summed E-state index contributed by atoms with van der Waals surface area (Å²) >= 11 is 0. The number of ether oxygens (including phenoxy) is 2. The third-order valence-electron chi connectivity index (χ3n) is 6.42. The molecule has 2 aliphatic heterocycles. The predicted molar refractivity (Wildman–Crippen MR) is 129 cm³/mol. The number of pyridine rings is 1. The van der Waals surface area contributed by atoms with Gasteiger partial charge in [-0.25, -0.2) is 18.5 Å². The first-order valence-corrected chi connectivity index (χ1v) is 13.2. The summed E-state index contributed by atoms with van der Waals surface area (Å²) < 4.78 is 29.2. The van der Waals surface area contributed by atoms with Crippen molar-refractivity contribution in [3.63, 3.8) is 0 Å². The number of H-pyrrole nitrogens is 1. The van der Waals surface area contributed by atoms with Gasteiger partial charge in [0.25, 0.3) is 0 Å². The third-order valence-corrected chi connectivity index (χ3v) is 9.28. The highest BCUT2D eigenvalue weighted by Crippen LogP contribution is 2.38. The summed E-state index contributed by atoms with van der Waals surface area (Å²) in [5.74, 6) is 2.54. The van der Waals surface area contributed by atoms with E-state index in [4.69, 9.17) is 19.4 Å². The quantitative estimate of drug-likeness (QED) is 0.607. The maximum Gasteiger partial charge on any atom is 0.215 e. The molecule has 33 heavy (non-hydrogen) atoms. The second kappa shape index (κ2) is 8.90. The van der Waals surface area contributed by atoms with Crippen LogP contribution in [-0.4, -0.2) is 69.4 Å². The molecule has 0 amide bonds. The van der Waals surface area contributed by atoms with Gasteiger partial charge in [0, 0.05) is 48.6 Å². The van der Waals surface area contributed by atoms with Crippen molar-refractivity contribution in [2.45, 2.75) is 38.0 Å². The molecule has 0 aromatic carbocycles. The minimum Gasteiger partial charge on any atom is -0.478 e. The number of nitrogens with zero attached hydrogens (tertiary/aromatic N) is 5. The standard InChI is InChI=1S/C23H30N6O3S/c1-4-32-21-12-17(16-7-8-25-22(16)28-21)23-26-18(19-6-5-11-33(19,30)24-3)13-20(27-23)29-9-10-31-14-15(29)2/h7-8,12-13,15,19H,4-6,9-11,14H2,1-3H3,(H,25,28)/t15-,19?,33?/m1/s1. The third kappa shape index (κ3) is 4.06. The second-order valence-electron chi connectivity index (χ2n) is 8.48.